The topological polar surface area (TPSA) is 9.23 Å². The first-order chi connectivity index (χ1) is 12.3. The molecule has 25 heavy (non-hydrogen) atoms. The van der Waals surface area contributed by atoms with Gasteiger partial charge in [0.2, 0.25) is 0 Å². The van der Waals surface area contributed by atoms with Gasteiger partial charge in [0.15, 0.2) is 0 Å². The Morgan fingerprint density at radius 3 is 2.08 bits per heavy atom. The summed E-state index contributed by atoms with van der Waals surface area (Å²) in [6, 6.07) is 17.2. The summed E-state index contributed by atoms with van der Waals surface area (Å²) < 4.78 is 5.46. The Labute approximate surface area is 157 Å². The highest BCUT2D eigenvalue weighted by Gasteiger charge is 2.22. The van der Waals surface area contributed by atoms with Gasteiger partial charge in [-0.3, -0.25) is 0 Å². The molecule has 1 saturated carbocycles. The van der Waals surface area contributed by atoms with Crippen molar-refractivity contribution < 1.29 is 4.74 Å². The SMILES string of the molecule is CCOCCC[C@H]1CC[C@H](c2ccc(-c3ccc(Cl)cc3)cc2)CC1. The van der Waals surface area contributed by atoms with E-state index in [1.165, 1.54) is 55.2 Å². The Morgan fingerprint density at radius 2 is 1.48 bits per heavy atom. The molecule has 0 saturated heterocycles. The summed E-state index contributed by atoms with van der Waals surface area (Å²) in [6.45, 7) is 3.85. The van der Waals surface area contributed by atoms with Crippen molar-refractivity contribution in [3.8, 4) is 11.1 Å². The molecule has 0 bridgehead atoms. The number of rotatable bonds is 7. The lowest BCUT2D eigenvalue weighted by Crippen LogP contribution is -2.14. The fraction of sp³-hybridized carbons (Fsp3) is 0.478. The molecule has 0 aromatic heterocycles. The average molecular weight is 357 g/mol. The van der Waals surface area contributed by atoms with Crippen molar-refractivity contribution in [3.05, 3.63) is 59.1 Å². The maximum atomic E-state index is 5.98. The highest BCUT2D eigenvalue weighted by atomic mass is 35.5. The van der Waals surface area contributed by atoms with Crippen LogP contribution < -0.4 is 0 Å². The van der Waals surface area contributed by atoms with E-state index in [0.29, 0.717) is 0 Å². The smallest absolute Gasteiger partial charge is 0.0465 e. The van der Waals surface area contributed by atoms with Crippen molar-refractivity contribution >= 4 is 11.6 Å². The van der Waals surface area contributed by atoms with Gasteiger partial charge in [-0.1, -0.05) is 48.0 Å². The molecule has 1 aliphatic rings. The third-order valence-electron chi connectivity index (χ3n) is 5.51. The molecular weight excluding hydrogens is 328 g/mol. The van der Waals surface area contributed by atoms with Crippen molar-refractivity contribution in [2.24, 2.45) is 5.92 Å². The van der Waals surface area contributed by atoms with E-state index in [1.807, 2.05) is 12.1 Å². The Bertz CT molecular complexity index is 624. The van der Waals surface area contributed by atoms with Crippen LogP contribution in [0.1, 0.15) is 56.9 Å². The predicted molar refractivity (Wildman–Crippen MR) is 107 cm³/mol. The summed E-state index contributed by atoms with van der Waals surface area (Å²) in [5.41, 5.74) is 4.00. The number of hydrogen-bond acceptors (Lipinski definition) is 1. The summed E-state index contributed by atoms with van der Waals surface area (Å²) in [5, 5.41) is 0.790. The van der Waals surface area contributed by atoms with E-state index in [0.717, 1.165) is 30.1 Å². The molecule has 0 atom stereocenters. The molecule has 2 aromatic carbocycles. The maximum Gasteiger partial charge on any atom is 0.0465 e. The summed E-state index contributed by atoms with van der Waals surface area (Å²) in [4.78, 5) is 0. The van der Waals surface area contributed by atoms with Crippen LogP contribution >= 0.6 is 11.6 Å². The second-order valence-corrected chi connectivity index (χ2v) is 7.62. The minimum atomic E-state index is 0.738. The van der Waals surface area contributed by atoms with Gasteiger partial charge in [0.25, 0.3) is 0 Å². The van der Waals surface area contributed by atoms with Crippen LogP contribution in [0, 0.1) is 5.92 Å². The lowest BCUT2D eigenvalue weighted by molar-refractivity contribution is 0.136. The van der Waals surface area contributed by atoms with E-state index in [4.69, 9.17) is 16.3 Å². The molecule has 0 aliphatic heterocycles. The second kappa shape index (κ2) is 9.40. The van der Waals surface area contributed by atoms with Crippen LogP contribution in [0.25, 0.3) is 11.1 Å². The quantitative estimate of drug-likeness (QED) is 0.481. The molecule has 0 spiro atoms. The summed E-state index contributed by atoms with van der Waals surface area (Å²) in [6.07, 6.45) is 7.96. The van der Waals surface area contributed by atoms with Crippen molar-refractivity contribution in [1.29, 1.82) is 0 Å². The van der Waals surface area contributed by atoms with Gasteiger partial charge >= 0.3 is 0 Å². The standard InChI is InChI=1S/C23H29ClO/c1-2-25-17-3-4-18-5-7-19(8-6-18)20-9-11-21(12-10-20)22-13-15-23(24)16-14-22/h9-16,18-19H,2-8,17H2,1H3/t18-,19-. The van der Waals surface area contributed by atoms with Crippen molar-refractivity contribution in [3.63, 3.8) is 0 Å². The molecule has 0 heterocycles. The Hall–Kier alpha value is -1.31. The molecule has 0 N–H and O–H groups in total. The fourth-order valence-electron chi connectivity index (χ4n) is 3.99. The third-order valence-corrected chi connectivity index (χ3v) is 5.76. The first kappa shape index (κ1) is 18.5. The molecule has 3 rings (SSSR count). The third kappa shape index (κ3) is 5.33. The minimum Gasteiger partial charge on any atom is -0.382 e. The summed E-state index contributed by atoms with van der Waals surface area (Å²) in [7, 11) is 0. The zero-order valence-corrected chi connectivity index (χ0v) is 16.0. The first-order valence-corrected chi connectivity index (χ1v) is 10.1. The number of hydrogen-bond donors (Lipinski definition) is 0. The normalized spacial score (nSPS) is 20.6. The fourth-order valence-corrected chi connectivity index (χ4v) is 4.12. The Morgan fingerprint density at radius 1 is 0.880 bits per heavy atom. The van der Waals surface area contributed by atoms with E-state index < -0.39 is 0 Å². The molecule has 2 aromatic rings. The van der Waals surface area contributed by atoms with Gasteiger partial charge in [-0.05, 0) is 86.1 Å². The predicted octanol–water partition coefficient (Wildman–Crippen LogP) is 7.10. The van der Waals surface area contributed by atoms with E-state index in [1.54, 1.807) is 0 Å². The molecule has 1 aliphatic carbocycles. The van der Waals surface area contributed by atoms with Crippen molar-refractivity contribution in [2.45, 2.75) is 51.4 Å². The van der Waals surface area contributed by atoms with Crippen LogP contribution in [0.3, 0.4) is 0 Å². The van der Waals surface area contributed by atoms with Crippen LogP contribution in [-0.4, -0.2) is 13.2 Å². The molecule has 2 heteroatoms. The van der Waals surface area contributed by atoms with E-state index in [9.17, 15) is 0 Å². The van der Waals surface area contributed by atoms with Gasteiger partial charge in [0, 0.05) is 18.2 Å². The van der Waals surface area contributed by atoms with Crippen LogP contribution in [0.5, 0.6) is 0 Å². The molecule has 134 valence electrons. The molecule has 0 radical (unpaired) electrons. The highest BCUT2D eigenvalue weighted by Crippen LogP contribution is 2.38. The van der Waals surface area contributed by atoms with Crippen LogP contribution in [0.2, 0.25) is 5.02 Å². The molecule has 1 fully saturated rings. The number of halogens is 1. The van der Waals surface area contributed by atoms with E-state index >= 15 is 0 Å². The van der Waals surface area contributed by atoms with Crippen molar-refractivity contribution in [2.75, 3.05) is 13.2 Å². The van der Waals surface area contributed by atoms with Crippen LogP contribution in [-0.2, 0) is 4.74 Å². The van der Waals surface area contributed by atoms with E-state index in [2.05, 4.69) is 43.3 Å². The lowest BCUT2D eigenvalue weighted by Gasteiger charge is -2.29. The summed E-state index contributed by atoms with van der Waals surface area (Å²) >= 11 is 5.98. The largest absolute Gasteiger partial charge is 0.382 e. The number of benzene rings is 2. The number of ether oxygens (including phenoxy) is 1. The average Bonchev–Trinajstić information content (AvgIpc) is 2.67. The highest BCUT2D eigenvalue weighted by molar-refractivity contribution is 6.30. The van der Waals surface area contributed by atoms with E-state index in [-0.39, 0.29) is 0 Å². The summed E-state index contributed by atoms with van der Waals surface area (Å²) in [5.74, 6) is 1.65. The van der Waals surface area contributed by atoms with Crippen LogP contribution in [0.4, 0.5) is 0 Å². The van der Waals surface area contributed by atoms with Gasteiger partial charge in [-0.15, -0.1) is 0 Å². The molecule has 0 amide bonds. The Balaban J connectivity index is 1.51. The van der Waals surface area contributed by atoms with Gasteiger partial charge in [-0.25, -0.2) is 0 Å². The monoisotopic (exact) mass is 356 g/mol. The minimum absolute atomic E-state index is 0.738. The van der Waals surface area contributed by atoms with Crippen molar-refractivity contribution in [1.82, 2.24) is 0 Å². The van der Waals surface area contributed by atoms with Gasteiger partial charge < -0.3 is 4.74 Å². The van der Waals surface area contributed by atoms with Gasteiger partial charge in [0.05, 0.1) is 0 Å². The first-order valence-electron chi connectivity index (χ1n) is 9.70. The Kier molecular flexibility index (Phi) is 6.95. The lowest BCUT2D eigenvalue weighted by atomic mass is 9.77. The maximum absolute atomic E-state index is 5.98. The van der Waals surface area contributed by atoms with Gasteiger partial charge in [0.1, 0.15) is 0 Å². The second-order valence-electron chi connectivity index (χ2n) is 7.19. The van der Waals surface area contributed by atoms with Gasteiger partial charge in [-0.2, -0.15) is 0 Å². The molecular formula is C23H29ClO. The van der Waals surface area contributed by atoms with Crippen LogP contribution in [0.15, 0.2) is 48.5 Å². The molecule has 0 unspecified atom stereocenters. The zero-order chi connectivity index (χ0) is 17.5. The zero-order valence-electron chi connectivity index (χ0n) is 15.2. The molecule has 1 nitrogen and oxygen atoms in total.